The van der Waals surface area contributed by atoms with E-state index in [1.807, 2.05) is 44.2 Å². The molecule has 9 nitrogen and oxygen atoms in total. The van der Waals surface area contributed by atoms with E-state index in [2.05, 4.69) is 11.4 Å². The summed E-state index contributed by atoms with van der Waals surface area (Å²) in [5.41, 5.74) is 2.35. The van der Waals surface area contributed by atoms with Crippen molar-refractivity contribution in [3.8, 4) is 6.07 Å². The van der Waals surface area contributed by atoms with Gasteiger partial charge >= 0.3 is 6.09 Å². The molecule has 1 aliphatic rings. The molecule has 3 aromatic rings. The van der Waals surface area contributed by atoms with Gasteiger partial charge in [0.1, 0.15) is 11.1 Å². The molecular weight excluding hydrogens is 536 g/mol. The maximum atomic E-state index is 13.4. The second-order valence-corrected chi connectivity index (χ2v) is 12.3. The Morgan fingerprint density at radius 3 is 2.46 bits per heavy atom. The van der Waals surface area contributed by atoms with Crippen LogP contribution in [0.1, 0.15) is 52.7 Å². The predicted molar refractivity (Wildman–Crippen MR) is 149 cm³/mol. The first kappa shape index (κ1) is 28.3. The maximum absolute atomic E-state index is 13.4. The molecule has 0 unspecified atom stereocenters. The highest BCUT2D eigenvalue weighted by Gasteiger charge is 2.29. The fraction of sp³-hybridized carbons (Fsp3) is 0.321. The first-order chi connectivity index (χ1) is 18.6. The van der Waals surface area contributed by atoms with Gasteiger partial charge in [0.25, 0.3) is 5.91 Å². The summed E-state index contributed by atoms with van der Waals surface area (Å²) in [5, 5.41) is 13.0. The highest BCUT2D eigenvalue weighted by atomic mass is 32.2. The number of fused-ring (bicyclic) bond motifs is 1. The normalized spacial score (nSPS) is 13.2. The molecule has 39 heavy (non-hydrogen) atoms. The Bertz CT molecular complexity index is 1490. The Labute approximate surface area is 232 Å². The van der Waals surface area contributed by atoms with Gasteiger partial charge in [-0.25, -0.2) is 13.2 Å². The van der Waals surface area contributed by atoms with Crippen LogP contribution in [0, 0.1) is 11.3 Å². The van der Waals surface area contributed by atoms with Gasteiger partial charge in [0.15, 0.2) is 0 Å². The monoisotopic (exact) mass is 566 g/mol. The number of benzene rings is 2. The van der Waals surface area contributed by atoms with E-state index >= 15 is 0 Å². The Morgan fingerprint density at radius 2 is 1.85 bits per heavy atom. The van der Waals surface area contributed by atoms with Crippen molar-refractivity contribution in [3.63, 3.8) is 0 Å². The molecular formula is C28H30N4O5S2. The molecule has 11 heteroatoms. The molecule has 0 fully saturated rings. The van der Waals surface area contributed by atoms with Crippen molar-refractivity contribution in [1.82, 2.24) is 9.21 Å². The summed E-state index contributed by atoms with van der Waals surface area (Å²) < 4.78 is 33.3. The molecule has 0 saturated heterocycles. The molecule has 1 aromatic heterocycles. The topological polar surface area (TPSA) is 120 Å². The maximum Gasteiger partial charge on any atom is 0.410 e. The molecule has 0 atom stereocenters. The molecule has 2 aromatic carbocycles. The zero-order valence-corrected chi connectivity index (χ0v) is 23.6. The van der Waals surface area contributed by atoms with Gasteiger partial charge in [-0.1, -0.05) is 30.3 Å². The number of amides is 2. The predicted octanol–water partition coefficient (Wildman–Crippen LogP) is 4.99. The molecule has 204 valence electrons. The van der Waals surface area contributed by atoms with E-state index in [1.54, 1.807) is 11.8 Å². The highest BCUT2D eigenvalue weighted by Crippen LogP contribution is 2.37. The number of carbonyl (C=O) groups excluding carboxylic acids is 2. The van der Waals surface area contributed by atoms with E-state index in [1.165, 1.54) is 39.9 Å². The number of nitriles is 1. The summed E-state index contributed by atoms with van der Waals surface area (Å²) in [6.45, 7) is 6.64. The number of ether oxygens (including phenoxy) is 1. The average Bonchev–Trinajstić information content (AvgIpc) is 3.28. The van der Waals surface area contributed by atoms with Crippen molar-refractivity contribution >= 4 is 38.4 Å². The van der Waals surface area contributed by atoms with Gasteiger partial charge in [-0.2, -0.15) is 9.57 Å². The largest absolute Gasteiger partial charge is 0.450 e. The van der Waals surface area contributed by atoms with Crippen LogP contribution in [0.25, 0.3) is 0 Å². The highest BCUT2D eigenvalue weighted by molar-refractivity contribution is 7.89. The molecule has 0 bridgehead atoms. The van der Waals surface area contributed by atoms with E-state index < -0.39 is 22.0 Å². The third-order valence-electron chi connectivity index (χ3n) is 6.40. The molecule has 0 saturated carbocycles. The number of hydrogen-bond donors (Lipinski definition) is 1. The Morgan fingerprint density at radius 1 is 1.15 bits per heavy atom. The molecule has 4 rings (SSSR count). The SMILES string of the molecule is CCOC(=O)N1CCc2c(sc(NC(=O)c3ccc(S(=O)(=O)N(Cc4ccccc4)C(C)C)cc3)c2C#N)C1. The number of carbonyl (C=O) groups is 2. The zero-order valence-electron chi connectivity index (χ0n) is 22.0. The van der Waals surface area contributed by atoms with Gasteiger partial charge in [-0.15, -0.1) is 11.3 Å². The van der Waals surface area contributed by atoms with E-state index in [0.29, 0.717) is 30.1 Å². The van der Waals surface area contributed by atoms with Crippen molar-refractivity contribution in [1.29, 1.82) is 5.26 Å². The van der Waals surface area contributed by atoms with Crippen LogP contribution in [0.5, 0.6) is 0 Å². The zero-order chi connectivity index (χ0) is 28.2. The van der Waals surface area contributed by atoms with Crippen molar-refractivity contribution < 1.29 is 22.7 Å². The summed E-state index contributed by atoms with van der Waals surface area (Å²) >= 11 is 1.26. The third-order valence-corrected chi connectivity index (χ3v) is 9.57. The van der Waals surface area contributed by atoms with Crippen LogP contribution in [0.3, 0.4) is 0 Å². The molecule has 2 heterocycles. The number of sulfonamides is 1. The van der Waals surface area contributed by atoms with Crippen molar-refractivity contribution in [3.05, 3.63) is 81.7 Å². The first-order valence-corrected chi connectivity index (χ1v) is 14.8. The van der Waals surface area contributed by atoms with E-state index in [4.69, 9.17) is 4.74 Å². The first-order valence-electron chi connectivity index (χ1n) is 12.6. The van der Waals surface area contributed by atoms with Crippen LogP contribution in [0.2, 0.25) is 0 Å². The van der Waals surface area contributed by atoms with Crippen LogP contribution < -0.4 is 5.32 Å². The minimum absolute atomic E-state index is 0.0899. The van der Waals surface area contributed by atoms with Gasteiger partial charge in [-0.3, -0.25) is 4.79 Å². The smallest absolute Gasteiger partial charge is 0.410 e. The fourth-order valence-corrected chi connectivity index (χ4v) is 7.21. The molecule has 2 amide bonds. The summed E-state index contributed by atoms with van der Waals surface area (Å²) in [6.07, 6.45) is 0.0844. The quantitative estimate of drug-likeness (QED) is 0.410. The van der Waals surface area contributed by atoms with Crippen LogP contribution in [0.15, 0.2) is 59.5 Å². The van der Waals surface area contributed by atoms with Crippen molar-refractivity contribution in [2.24, 2.45) is 0 Å². The second-order valence-electron chi connectivity index (χ2n) is 9.30. The second kappa shape index (κ2) is 12.0. The summed E-state index contributed by atoms with van der Waals surface area (Å²) in [6, 6.07) is 17.1. The number of hydrogen-bond acceptors (Lipinski definition) is 7. The van der Waals surface area contributed by atoms with Crippen molar-refractivity contribution in [2.75, 3.05) is 18.5 Å². The van der Waals surface area contributed by atoms with Gasteiger partial charge in [0.2, 0.25) is 10.0 Å². The lowest BCUT2D eigenvalue weighted by Gasteiger charge is -2.26. The lowest BCUT2D eigenvalue weighted by atomic mass is 10.0. The molecule has 0 aliphatic carbocycles. The average molecular weight is 567 g/mol. The van der Waals surface area contributed by atoms with Crippen LogP contribution in [-0.2, 0) is 34.3 Å². The van der Waals surface area contributed by atoms with E-state index in [0.717, 1.165) is 16.0 Å². The Balaban J connectivity index is 1.51. The summed E-state index contributed by atoms with van der Waals surface area (Å²) in [7, 11) is -3.81. The number of nitrogens with zero attached hydrogens (tertiary/aromatic N) is 3. The third kappa shape index (κ3) is 6.14. The Hall–Kier alpha value is -3.72. The van der Waals surface area contributed by atoms with Crippen LogP contribution >= 0.6 is 11.3 Å². The molecule has 1 N–H and O–H groups in total. The number of rotatable bonds is 8. The number of anilines is 1. The lowest BCUT2D eigenvalue weighted by Crippen LogP contribution is -2.36. The van der Waals surface area contributed by atoms with Gasteiger partial charge in [-0.05, 0) is 62.6 Å². The van der Waals surface area contributed by atoms with Gasteiger partial charge in [0.05, 0.1) is 23.6 Å². The summed E-state index contributed by atoms with van der Waals surface area (Å²) in [5.74, 6) is -0.457. The Kier molecular flexibility index (Phi) is 8.70. The lowest BCUT2D eigenvalue weighted by molar-refractivity contribution is 0.102. The van der Waals surface area contributed by atoms with Gasteiger partial charge < -0.3 is 15.0 Å². The van der Waals surface area contributed by atoms with E-state index in [9.17, 15) is 23.3 Å². The standard InChI is InChI=1S/C28H30N4O5S2/c1-4-37-28(34)31-15-14-23-24(16-29)27(38-25(23)18-31)30-26(33)21-10-12-22(13-11-21)39(35,36)32(19(2)3)17-20-8-6-5-7-9-20/h5-13,19H,4,14-15,17-18H2,1-3H3,(H,30,33). The number of nitrogens with one attached hydrogen (secondary N) is 1. The number of thiophene rings is 1. The van der Waals surface area contributed by atoms with Crippen LogP contribution in [0.4, 0.5) is 9.80 Å². The molecule has 1 aliphatic heterocycles. The minimum atomic E-state index is -3.81. The molecule has 0 spiro atoms. The summed E-state index contributed by atoms with van der Waals surface area (Å²) in [4.78, 5) is 27.7. The minimum Gasteiger partial charge on any atom is -0.450 e. The van der Waals surface area contributed by atoms with Crippen LogP contribution in [-0.4, -0.2) is 48.8 Å². The molecule has 0 radical (unpaired) electrons. The fourth-order valence-electron chi connectivity index (χ4n) is 4.38. The van der Waals surface area contributed by atoms with Crippen molar-refractivity contribution in [2.45, 2.75) is 51.2 Å². The van der Waals surface area contributed by atoms with E-state index in [-0.39, 0.29) is 29.7 Å². The van der Waals surface area contributed by atoms with Gasteiger partial charge in [0, 0.05) is 29.6 Å².